The SMILES string of the molecule is COc1ccc([C@H]2[C@@H](C(=O)O)CC(=O)N2C)c(OC)c1OC. The molecule has 120 valence electrons. The van der Waals surface area contributed by atoms with Crippen LogP contribution in [0, 0.1) is 5.92 Å². The number of aliphatic carboxylic acids is 1. The smallest absolute Gasteiger partial charge is 0.309 e. The molecule has 0 aliphatic carbocycles. The monoisotopic (exact) mass is 309 g/mol. The number of ether oxygens (including phenoxy) is 3. The maximum Gasteiger partial charge on any atom is 0.309 e. The highest BCUT2D eigenvalue weighted by molar-refractivity contribution is 5.87. The molecular weight excluding hydrogens is 290 g/mol. The maximum absolute atomic E-state index is 11.9. The van der Waals surface area contributed by atoms with Crippen molar-refractivity contribution in [1.29, 1.82) is 0 Å². The average Bonchev–Trinajstić information content (AvgIpc) is 2.81. The summed E-state index contributed by atoms with van der Waals surface area (Å²) in [7, 11) is 6.03. The van der Waals surface area contributed by atoms with Crippen LogP contribution < -0.4 is 14.2 Å². The van der Waals surface area contributed by atoms with Gasteiger partial charge in [0.25, 0.3) is 0 Å². The topological polar surface area (TPSA) is 85.3 Å². The Morgan fingerprint density at radius 1 is 1.18 bits per heavy atom. The number of hydrogen-bond donors (Lipinski definition) is 1. The molecule has 1 N–H and O–H groups in total. The number of hydrogen-bond acceptors (Lipinski definition) is 5. The molecular formula is C15H19NO6. The van der Waals surface area contributed by atoms with Gasteiger partial charge in [-0.15, -0.1) is 0 Å². The molecule has 2 atom stereocenters. The molecule has 2 rings (SSSR count). The summed E-state index contributed by atoms with van der Waals surface area (Å²) in [5.41, 5.74) is 0.584. The predicted molar refractivity (Wildman–Crippen MR) is 77.4 cm³/mol. The number of rotatable bonds is 5. The summed E-state index contributed by atoms with van der Waals surface area (Å²) < 4.78 is 15.9. The van der Waals surface area contributed by atoms with E-state index in [-0.39, 0.29) is 12.3 Å². The van der Waals surface area contributed by atoms with Gasteiger partial charge in [-0.05, 0) is 12.1 Å². The second-order valence-electron chi connectivity index (χ2n) is 5.02. The molecule has 0 bridgehead atoms. The Labute approximate surface area is 128 Å². The van der Waals surface area contributed by atoms with Crippen LogP contribution in [0.2, 0.25) is 0 Å². The Morgan fingerprint density at radius 3 is 2.32 bits per heavy atom. The van der Waals surface area contributed by atoms with Gasteiger partial charge in [0, 0.05) is 19.0 Å². The summed E-state index contributed by atoms with van der Waals surface area (Å²) in [6.45, 7) is 0. The number of likely N-dealkylation sites (tertiary alicyclic amines) is 1. The molecule has 1 aromatic rings. The third-order valence-corrected chi connectivity index (χ3v) is 3.96. The van der Waals surface area contributed by atoms with Crippen LogP contribution >= 0.6 is 0 Å². The van der Waals surface area contributed by atoms with Gasteiger partial charge in [-0.25, -0.2) is 0 Å². The molecule has 0 aromatic heterocycles. The van der Waals surface area contributed by atoms with E-state index in [1.54, 1.807) is 19.2 Å². The van der Waals surface area contributed by atoms with Crippen molar-refractivity contribution in [2.45, 2.75) is 12.5 Å². The van der Waals surface area contributed by atoms with Gasteiger partial charge in [-0.3, -0.25) is 9.59 Å². The Balaban J connectivity index is 2.60. The summed E-state index contributed by atoms with van der Waals surface area (Å²) in [6.07, 6.45) is -0.0337. The average molecular weight is 309 g/mol. The van der Waals surface area contributed by atoms with Crippen LogP contribution in [0.4, 0.5) is 0 Å². The first-order valence-electron chi connectivity index (χ1n) is 6.73. The van der Waals surface area contributed by atoms with E-state index < -0.39 is 17.9 Å². The predicted octanol–water partition coefficient (Wildman–Crippen LogP) is 1.32. The van der Waals surface area contributed by atoms with Gasteiger partial charge in [0.05, 0.1) is 33.3 Å². The number of methoxy groups -OCH3 is 3. The number of carbonyl (C=O) groups excluding carboxylic acids is 1. The molecule has 1 saturated heterocycles. The van der Waals surface area contributed by atoms with Crippen molar-refractivity contribution in [1.82, 2.24) is 4.90 Å². The Bertz CT molecular complexity index is 600. The van der Waals surface area contributed by atoms with Crippen LogP contribution in [0.15, 0.2) is 12.1 Å². The molecule has 0 unspecified atom stereocenters. The lowest BCUT2D eigenvalue weighted by Crippen LogP contribution is -2.27. The first-order valence-corrected chi connectivity index (χ1v) is 6.73. The van der Waals surface area contributed by atoms with Crippen molar-refractivity contribution < 1.29 is 28.9 Å². The normalized spacial score (nSPS) is 20.9. The zero-order valence-corrected chi connectivity index (χ0v) is 13.0. The summed E-state index contributed by atoms with van der Waals surface area (Å²) in [5, 5.41) is 9.40. The van der Waals surface area contributed by atoms with E-state index in [1.807, 2.05) is 0 Å². The molecule has 0 saturated carbocycles. The van der Waals surface area contributed by atoms with Gasteiger partial charge in [-0.2, -0.15) is 0 Å². The van der Waals surface area contributed by atoms with Crippen LogP contribution in [0.3, 0.4) is 0 Å². The van der Waals surface area contributed by atoms with Gasteiger partial charge in [0.15, 0.2) is 11.5 Å². The third-order valence-electron chi connectivity index (χ3n) is 3.96. The standard InChI is InChI=1S/C15H19NO6/c1-16-11(17)7-9(15(18)19)12(16)8-5-6-10(20-2)14(22-4)13(8)21-3/h5-6,9,12H,7H2,1-4H3,(H,18,19)/t9-,12-/m0/s1. The number of nitrogens with zero attached hydrogens (tertiary/aromatic N) is 1. The quantitative estimate of drug-likeness (QED) is 0.883. The first kappa shape index (κ1) is 15.9. The highest BCUT2D eigenvalue weighted by Gasteiger charge is 2.44. The van der Waals surface area contributed by atoms with Crippen molar-refractivity contribution in [2.75, 3.05) is 28.4 Å². The minimum atomic E-state index is -1.01. The molecule has 1 heterocycles. The molecule has 1 aliphatic heterocycles. The lowest BCUT2D eigenvalue weighted by molar-refractivity contribution is -0.142. The van der Waals surface area contributed by atoms with Gasteiger partial charge in [0.1, 0.15) is 0 Å². The van der Waals surface area contributed by atoms with Crippen LogP contribution in [-0.2, 0) is 9.59 Å². The van der Waals surface area contributed by atoms with E-state index in [9.17, 15) is 14.7 Å². The summed E-state index contributed by atoms with van der Waals surface area (Å²) >= 11 is 0. The molecule has 1 aliphatic rings. The molecule has 22 heavy (non-hydrogen) atoms. The maximum atomic E-state index is 11.9. The largest absolute Gasteiger partial charge is 0.493 e. The van der Waals surface area contributed by atoms with E-state index in [0.717, 1.165) is 0 Å². The summed E-state index contributed by atoms with van der Waals surface area (Å²) in [6, 6.07) is 2.77. The van der Waals surface area contributed by atoms with E-state index in [1.165, 1.54) is 26.2 Å². The summed E-state index contributed by atoms with van der Waals surface area (Å²) in [5.74, 6) is -0.834. The van der Waals surface area contributed by atoms with Crippen molar-refractivity contribution in [2.24, 2.45) is 5.92 Å². The fourth-order valence-corrected chi connectivity index (χ4v) is 2.87. The number of carbonyl (C=O) groups is 2. The molecule has 0 radical (unpaired) electrons. The number of amides is 1. The minimum absolute atomic E-state index is 0.0337. The van der Waals surface area contributed by atoms with Crippen molar-refractivity contribution >= 4 is 11.9 Å². The van der Waals surface area contributed by atoms with E-state index in [0.29, 0.717) is 22.8 Å². The number of benzene rings is 1. The summed E-state index contributed by atoms with van der Waals surface area (Å²) in [4.78, 5) is 24.8. The molecule has 1 fully saturated rings. The van der Waals surface area contributed by atoms with Crippen LogP contribution in [0.1, 0.15) is 18.0 Å². The van der Waals surface area contributed by atoms with Crippen molar-refractivity contribution in [3.05, 3.63) is 17.7 Å². The fraction of sp³-hybridized carbons (Fsp3) is 0.467. The minimum Gasteiger partial charge on any atom is -0.493 e. The molecule has 1 amide bonds. The van der Waals surface area contributed by atoms with Gasteiger partial charge >= 0.3 is 5.97 Å². The van der Waals surface area contributed by atoms with Crippen LogP contribution in [0.5, 0.6) is 17.2 Å². The fourth-order valence-electron chi connectivity index (χ4n) is 2.87. The van der Waals surface area contributed by atoms with E-state index in [4.69, 9.17) is 14.2 Å². The van der Waals surface area contributed by atoms with Crippen molar-refractivity contribution in [3.8, 4) is 17.2 Å². The third kappa shape index (κ3) is 2.43. The molecule has 7 nitrogen and oxygen atoms in total. The molecule has 0 spiro atoms. The van der Waals surface area contributed by atoms with Gasteiger partial charge in [-0.1, -0.05) is 0 Å². The molecule has 1 aromatic carbocycles. The highest BCUT2D eigenvalue weighted by Crippen LogP contribution is 2.47. The van der Waals surface area contributed by atoms with Crippen LogP contribution in [-0.4, -0.2) is 50.3 Å². The zero-order valence-electron chi connectivity index (χ0n) is 13.0. The Morgan fingerprint density at radius 2 is 1.82 bits per heavy atom. The highest BCUT2D eigenvalue weighted by atomic mass is 16.5. The second-order valence-corrected chi connectivity index (χ2v) is 5.02. The lowest BCUT2D eigenvalue weighted by atomic mass is 9.92. The Hall–Kier alpha value is -2.44. The zero-order chi connectivity index (χ0) is 16.4. The van der Waals surface area contributed by atoms with Crippen molar-refractivity contribution in [3.63, 3.8) is 0 Å². The van der Waals surface area contributed by atoms with E-state index >= 15 is 0 Å². The van der Waals surface area contributed by atoms with Gasteiger partial charge in [0.2, 0.25) is 11.7 Å². The first-order chi connectivity index (χ1) is 10.5. The molecule has 7 heteroatoms. The second kappa shape index (κ2) is 6.13. The van der Waals surface area contributed by atoms with Crippen LogP contribution in [0.25, 0.3) is 0 Å². The Kier molecular flexibility index (Phi) is 4.44. The van der Waals surface area contributed by atoms with Gasteiger partial charge < -0.3 is 24.2 Å². The number of carboxylic acid groups (broad SMARTS) is 1. The van der Waals surface area contributed by atoms with E-state index in [2.05, 4.69) is 0 Å². The number of carboxylic acids is 1. The lowest BCUT2D eigenvalue weighted by Gasteiger charge is -2.26.